The molecule has 2 amide bonds. The molecule has 0 radical (unpaired) electrons. The highest BCUT2D eigenvalue weighted by atomic mass is 32.2. The minimum absolute atomic E-state index is 0.124. The summed E-state index contributed by atoms with van der Waals surface area (Å²) in [7, 11) is 0. The van der Waals surface area contributed by atoms with E-state index in [1.807, 2.05) is 18.2 Å². The average Bonchev–Trinajstić information content (AvgIpc) is 3.83. The molecule has 1 saturated carbocycles. The van der Waals surface area contributed by atoms with E-state index in [4.69, 9.17) is 17.3 Å². The summed E-state index contributed by atoms with van der Waals surface area (Å²) in [5.74, 6) is -0.932. The Bertz CT molecular complexity index is 1990. The fraction of sp³-hybridized carbons (Fsp3) is 0.256. The van der Waals surface area contributed by atoms with Crippen LogP contribution in [0.15, 0.2) is 108 Å². The van der Waals surface area contributed by atoms with Crippen LogP contribution in [0.2, 0.25) is 0 Å². The van der Waals surface area contributed by atoms with Gasteiger partial charge < -0.3 is 15.3 Å². The second-order valence-electron chi connectivity index (χ2n) is 13.5. The van der Waals surface area contributed by atoms with Gasteiger partial charge in [-0.15, -0.1) is 0 Å². The maximum absolute atomic E-state index is 13.3. The first-order valence-corrected chi connectivity index (χ1v) is 19.2. The molecule has 1 saturated heterocycles. The number of carbonyl (C=O) groups is 3. The monoisotopic (exact) mass is 727 g/mol. The van der Waals surface area contributed by atoms with Crippen molar-refractivity contribution in [1.82, 2.24) is 10.2 Å². The lowest BCUT2D eigenvalue weighted by Crippen LogP contribution is -2.39. The lowest BCUT2D eigenvalue weighted by atomic mass is 9.95. The Morgan fingerprint density at radius 1 is 0.865 bits per heavy atom. The number of thiocarbonyl (C=S) groups is 1. The van der Waals surface area contributed by atoms with Crippen LogP contribution in [0.25, 0.3) is 17.7 Å². The van der Waals surface area contributed by atoms with Gasteiger partial charge in [0.05, 0.1) is 4.91 Å². The highest BCUT2D eigenvalue weighted by molar-refractivity contribution is 8.26. The van der Waals surface area contributed by atoms with Crippen molar-refractivity contribution < 1.29 is 19.5 Å². The van der Waals surface area contributed by atoms with Crippen LogP contribution in [0.3, 0.4) is 0 Å². The van der Waals surface area contributed by atoms with E-state index < -0.39 is 5.97 Å². The quantitative estimate of drug-likeness (QED) is 0.0615. The molecule has 4 aromatic rings. The first-order chi connectivity index (χ1) is 25.4. The average molecular weight is 728 g/mol. The standard InChI is InChI=1S/C43H41N3O4S2/c47-40(44-24-9-3-8-17-41(48)49)28-45-42(50)39(52-43(45)51)27-30-20-23-38-36(26-30)34-15-10-16-37(34)46(38)33-21-18-29(19-22-33)25-35(31-11-4-1-5-12-31)32-13-6-2-7-14-32/h1-2,4-7,11-14,18-23,25-27,34,37H,3,8-10,15-17,24,28H2,(H,44,47)(H,48,49)/b39-27-. The summed E-state index contributed by atoms with van der Waals surface area (Å²) < 4.78 is 0.369. The molecule has 4 aromatic carbocycles. The Kier molecular flexibility index (Phi) is 11.0. The van der Waals surface area contributed by atoms with Gasteiger partial charge in [0.2, 0.25) is 5.91 Å². The third-order valence-corrected chi connectivity index (χ3v) is 11.4. The number of carboxylic acids is 1. The Balaban J connectivity index is 1.06. The van der Waals surface area contributed by atoms with Crippen molar-refractivity contribution in [3.05, 3.63) is 136 Å². The minimum Gasteiger partial charge on any atom is -0.481 e. The predicted octanol–water partition coefficient (Wildman–Crippen LogP) is 9.03. The molecule has 7 nitrogen and oxygen atoms in total. The number of nitrogens with zero attached hydrogens (tertiary/aromatic N) is 2. The van der Waals surface area contributed by atoms with E-state index in [0.29, 0.717) is 47.0 Å². The molecule has 1 aliphatic carbocycles. The summed E-state index contributed by atoms with van der Waals surface area (Å²) in [6, 6.07) is 36.8. The molecule has 2 fully saturated rings. The van der Waals surface area contributed by atoms with Gasteiger partial charge in [-0.2, -0.15) is 0 Å². The molecule has 2 aliphatic heterocycles. The highest BCUT2D eigenvalue weighted by Crippen LogP contribution is 2.52. The normalized spacial score (nSPS) is 18.4. The van der Waals surface area contributed by atoms with E-state index in [1.54, 1.807) is 0 Å². The largest absolute Gasteiger partial charge is 0.481 e. The summed E-state index contributed by atoms with van der Waals surface area (Å²) in [4.78, 5) is 41.0. The van der Waals surface area contributed by atoms with Crippen LogP contribution in [0.4, 0.5) is 11.4 Å². The van der Waals surface area contributed by atoms with Gasteiger partial charge in [0, 0.05) is 36.3 Å². The van der Waals surface area contributed by atoms with Gasteiger partial charge in [-0.25, -0.2) is 0 Å². The highest BCUT2D eigenvalue weighted by Gasteiger charge is 2.42. The number of hydrogen-bond donors (Lipinski definition) is 2. The summed E-state index contributed by atoms with van der Waals surface area (Å²) >= 11 is 6.72. The maximum Gasteiger partial charge on any atom is 0.303 e. The molecular formula is C43H41N3O4S2. The number of benzene rings is 4. The number of fused-ring (bicyclic) bond motifs is 3. The van der Waals surface area contributed by atoms with Gasteiger partial charge in [-0.3, -0.25) is 19.3 Å². The van der Waals surface area contributed by atoms with E-state index in [-0.39, 0.29) is 24.8 Å². The number of carboxylic acid groups (broad SMARTS) is 1. The van der Waals surface area contributed by atoms with E-state index in [1.165, 1.54) is 56.7 Å². The van der Waals surface area contributed by atoms with Crippen molar-refractivity contribution in [2.45, 2.75) is 56.9 Å². The second-order valence-corrected chi connectivity index (χ2v) is 15.2. The molecule has 9 heteroatoms. The van der Waals surface area contributed by atoms with Gasteiger partial charge in [-0.05, 0) is 95.5 Å². The number of carbonyl (C=O) groups excluding carboxylic acids is 2. The van der Waals surface area contributed by atoms with Gasteiger partial charge in [-0.1, -0.05) is 116 Å². The number of anilines is 2. The molecule has 0 bridgehead atoms. The molecule has 2 N–H and O–H groups in total. The molecule has 52 heavy (non-hydrogen) atoms. The van der Waals surface area contributed by atoms with Crippen molar-refractivity contribution in [3.8, 4) is 0 Å². The lowest BCUT2D eigenvalue weighted by Gasteiger charge is -2.27. The molecular weight excluding hydrogens is 687 g/mol. The van der Waals surface area contributed by atoms with E-state index in [0.717, 1.165) is 24.0 Å². The van der Waals surface area contributed by atoms with E-state index in [9.17, 15) is 14.4 Å². The zero-order chi connectivity index (χ0) is 36.0. The van der Waals surface area contributed by atoms with Crippen LogP contribution in [0.1, 0.15) is 78.7 Å². The first-order valence-electron chi connectivity index (χ1n) is 18.0. The molecule has 2 unspecified atom stereocenters. The van der Waals surface area contributed by atoms with Crippen LogP contribution in [0.5, 0.6) is 0 Å². The molecule has 0 aromatic heterocycles. The Hall–Kier alpha value is -4.99. The number of nitrogens with one attached hydrogen (secondary N) is 1. The number of rotatable bonds is 13. The summed E-state index contributed by atoms with van der Waals surface area (Å²) in [6.45, 7) is 0.302. The predicted molar refractivity (Wildman–Crippen MR) is 214 cm³/mol. The molecule has 0 spiro atoms. The Morgan fingerprint density at radius 2 is 1.56 bits per heavy atom. The summed E-state index contributed by atoms with van der Waals surface area (Å²) in [5, 5.41) is 11.6. The number of unbranched alkanes of at least 4 members (excludes halogenated alkanes) is 2. The molecule has 264 valence electrons. The van der Waals surface area contributed by atoms with E-state index in [2.05, 4.69) is 107 Å². The third-order valence-electron chi connectivity index (χ3n) is 10.0. The number of hydrogen-bond acceptors (Lipinski definition) is 6. The number of amides is 2. The molecule has 2 atom stereocenters. The van der Waals surface area contributed by atoms with Crippen LogP contribution < -0.4 is 10.2 Å². The number of aliphatic carboxylic acids is 1. The van der Waals surface area contributed by atoms with Gasteiger partial charge in [0.1, 0.15) is 10.9 Å². The smallest absolute Gasteiger partial charge is 0.303 e. The Morgan fingerprint density at radius 3 is 2.25 bits per heavy atom. The topological polar surface area (TPSA) is 90.0 Å². The molecule has 3 aliphatic rings. The van der Waals surface area contributed by atoms with Gasteiger partial charge in [0.15, 0.2) is 0 Å². The maximum atomic E-state index is 13.3. The fourth-order valence-corrected chi connectivity index (χ4v) is 8.82. The lowest BCUT2D eigenvalue weighted by molar-refractivity contribution is -0.137. The van der Waals surface area contributed by atoms with Crippen LogP contribution >= 0.6 is 24.0 Å². The van der Waals surface area contributed by atoms with Crippen molar-refractivity contribution in [1.29, 1.82) is 0 Å². The Labute approximate surface area is 314 Å². The third kappa shape index (κ3) is 7.91. The van der Waals surface area contributed by atoms with Crippen molar-refractivity contribution >= 4 is 75.2 Å². The van der Waals surface area contributed by atoms with Crippen LogP contribution in [-0.2, 0) is 14.4 Å². The zero-order valence-corrected chi connectivity index (χ0v) is 30.5. The number of thioether (sulfide) groups is 1. The first kappa shape index (κ1) is 35.4. The van der Waals surface area contributed by atoms with E-state index >= 15 is 0 Å². The summed E-state index contributed by atoms with van der Waals surface area (Å²) in [6.07, 6.45) is 9.69. The van der Waals surface area contributed by atoms with Gasteiger partial charge in [0.25, 0.3) is 5.91 Å². The summed E-state index contributed by atoms with van der Waals surface area (Å²) in [5.41, 5.74) is 9.36. The molecule has 7 rings (SSSR count). The van der Waals surface area contributed by atoms with Crippen molar-refractivity contribution in [2.75, 3.05) is 18.0 Å². The van der Waals surface area contributed by atoms with Crippen LogP contribution in [-0.4, -0.2) is 51.2 Å². The van der Waals surface area contributed by atoms with Crippen molar-refractivity contribution in [2.24, 2.45) is 0 Å². The van der Waals surface area contributed by atoms with Crippen LogP contribution in [0, 0.1) is 0 Å². The SMILES string of the molecule is O=C(O)CCCCCNC(=O)CN1C(=O)/C(=C/c2ccc3c(c2)C2CCCC2N3c2ccc(C=C(c3ccccc3)c3ccccc3)cc2)SC1=S. The van der Waals surface area contributed by atoms with Crippen molar-refractivity contribution in [3.63, 3.8) is 0 Å². The molecule has 2 heterocycles. The van der Waals surface area contributed by atoms with Gasteiger partial charge >= 0.3 is 5.97 Å². The zero-order valence-electron chi connectivity index (χ0n) is 28.9. The second kappa shape index (κ2) is 16.1. The minimum atomic E-state index is -0.816. The fourth-order valence-electron chi connectivity index (χ4n) is 7.56.